The average molecular weight is 370 g/mol. The zero-order chi connectivity index (χ0) is 18.4. The fraction of sp³-hybridized carbons (Fsp3) is 0.100. The molecule has 0 saturated heterocycles. The molecule has 2 N–H and O–H groups in total. The van der Waals surface area contributed by atoms with E-state index in [-0.39, 0.29) is 11.7 Å². The molecule has 3 rings (SSSR count). The largest absolute Gasteiger partial charge is 0.370 e. The number of benzene rings is 2. The van der Waals surface area contributed by atoms with Crippen LogP contribution in [0.15, 0.2) is 66.9 Å². The third-order valence-corrected chi connectivity index (χ3v) is 4.01. The Morgan fingerprint density at radius 1 is 1.00 bits per heavy atom. The highest BCUT2D eigenvalue weighted by Crippen LogP contribution is 2.12. The molecular weight excluding hydrogens is 353 g/mol. The molecule has 0 fully saturated rings. The molecule has 1 heterocycles. The van der Waals surface area contributed by atoms with Crippen molar-refractivity contribution < 1.29 is 9.18 Å². The molecular formula is C20H17ClFN3O. The molecule has 0 atom stereocenters. The van der Waals surface area contributed by atoms with Gasteiger partial charge < -0.3 is 10.6 Å². The molecule has 4 nitrogen and oxygen atoms in total. The normalized spacial score (nSPS) is 10.4. The van der Waals surface area contributed by atoms with E-state index in [1.807, 2.05) is 24.3 Å². The number of hydrogen-bond donors (Lipinski definition) is 2. The number of nitrogens with zero attached hydrogens (tertiary/aromatic N) is 1. The van der Waals surface area contributed by atoms with Crippen molar-refractivity contribution in [2.45, 2.75) is 6.42 Å². The molecule has 0 radical (unpaired) electrons. The van der Waals surface area contributed by atoms with Crippen LogP contribution in [0.1, 0.15) is 15.9 Å². The van der Waals surface area contributed by atoms with Gasteiger partial charge in [-0.3, -0.25) is 4.79 Å². The lowest BCUT2D eigenvalue weighted by Gasteiger charge is -2.08. The van der Waals surface area contributed by atoms with Crippen molar-refractivity contribution in [3.8, 4) is 0 Å². The van der Waals surface area contributed by atoms with Crippen LogP contribution in [0, 0.1) is 5.82 Å². The summed E-state index contributed by atoms with van der Waals surface area (Å²) >= 11 is 5.86. The first-order valence-corrected chi connectivity index (χ1v) is 8.49. The predicted octanol–water partition coefficient (Wildman–Crippen LogP) is 4.78. The lowest BCUT2D eigenvalue weighted by molar-refractivity contribution is 0.102. The van der Waals surface area contributed by atoms with Gasteiger partial charge in [0.05, 0.1) is 5.56 Å². The van der Waals surface area contributed by atoms with E-state index in [0.717, 1.165) is 18.0 Å². The Morgan fingerprint density at radius 2 is 1.73 bits per heavy atom. The monoisotopic (exact) mass is 369 g/mol. The Balaban J connectivity index is 1.51. The van der Waals surface area contributed by atoms with Gasteiger partial charge in [0.25, 0.3) is 5.91 Å². The second-order valence-corrected chi connectivity index (χ2v) is 6.13. The molecule has 0 aliphatic carbocycles. The van der Waals surface area contributed by atoms with Crippen LogP contribution >= 0.6 is 11.6 Å². The highest BCUT2D eigenvalue weighted by Gasteiger charge is 2.07. The molecule has 1 amide bonds. The van der Waals surface area contributed by atoms with E-state index in [0.29, 0.717) is 17.1 Å². The van der Waals surface area contributed by atoms with Crippen LogP contribution in [-0.2, 0) is 6.42 Å². The van der Waals surface area contributed by atoms with Crippen LogP contribution in [0.2, 0.25) is 5.02 Å². The number of carbonyl (C=O) groups excluding carboxylic acids is 1. The fourth-order valence-corrected chi connectivity index (χ4v) is 2.48. The number of rotatable bonds is 6. The average Bonchev–Trinajstić information content (AvgIpc) is 2.66. The van der Waals surface area contributed by atoms with E-state index in [1.165, 1.54) is 36.0 Å². The molecule has 0 aliphatic rings. The molecule has 0 unspecified atom stereocenters. The summed E-state index contributed by atoms with van der Waals surface area (Å²) < 4.78 is 12.9. The van der Waals surface area contributed by atoms with Gasteiger partial charge in [0.15, 0.2) is 0 Å². The molecule has 26 heavy (non-hydrogen) atoms. The first-order chi connectivity index (χ1) is 12.6. The summed E-state index contributed by atoms with van der Waals surface area (Å²) in [6.45, 7) is 0.718. The topological polar surface area (TPSA) is 54.0 Å². The van der Waals surface area contributed by atoms with E-state index in [1.54, 1.807) is 12.1 Å². The molecule has 0 spiro atoms. The minimum atomic E-state index is -0.348. The molecule has 1 aromatic heterocycles. The van der Waals surface area contributed by atoms with Crippen LogP contribution in [0.5, 0.6) is 0 Å². The fourth-order valence-electron chi connectivity index (χ4n) is 2.36. The van der Waals surface area contributed by atoms with Crippen molar-refractivity contribution >= 4 is 29.0 Å². The Morgan fingerprint density at radius 3 is 2.38 bits per heavy atom. The summed E-state index contributed by atoms with van der Waals surface area (Å²) in [7, 11) is 0. The van der Waals surface area contributed by atoms with Crippen LogP contribution in [-0.4, -0.2) is 17.4 Å². The summed E-state index contributed by atoms with van der Waals surface area (Å²) in [5, 5.41) is 6.63. The van der Waals surface area contributed by atoms with Crippen molar-refractivity contribution in [3.63, 3.8) is 0 Å². The van der Waals surface area contributed by atoms with Gasteiger partial charge in [-0.15, -0.1) is 0 Å². The summed E-state index contributed by atoms with van der Waals surface area (Å²) in [4.78, 5) is 16.4. The number of aromatic nitrogens is 1. The van der Waals surface area contributed by atoms with E-state index < -0.39 is 0 Å². The molecule has 0 aliphatic heterocycles. The highest BCUT2D eigenvalue weighted by molar-refractivity contribution is 6.30. The Bertz CT molecular complexity index is 865. The van der Waals surface area contributed by atoms with E-state index >= 15 is 0 Å². The number of amides is 1. The summed E-state index contributed by atoms with van der Waals surface area (Å²) in [6, 6.07) is 16.7. The molecule has 2 aromatic carbocycles. The van der Waals surface area contributed by atoms with E-state index in [4.69, 9.17) is 11.6 Å². The maximum absolute atomic E-state index is 12.9. The Labute approximate surface area is 156 Å². The summed E-state index contributed by atoms with van der Waals surface area (Å²) in [5.41, 5.74) is 2.14. The van der Waals surface area contributed by atoms with Crippen LogP contribution in [0.3, 0.4) is 0 Å². The maximum atomic E-state index is 12.9. The number of nitrogens with one attached hydrogen (secondary N) is 2. The highest BCUT2D eigenvalue weighted by atomic mass is 35.5. The molecule has 6 heteroatoms. The lowest BCUT2D eigenvalue weighted by Crippen LogP contribution is -2.13. The maximum Gasteiger partial charge on any atom is 0.257 e. The quantitative estimate of drug-likeness (QED) is 0.657. The van der Waals surface area contributed by atoms with Crippen LogP contribution in [0.25, 0.3) is 0 Å². The SMILES string of the molecule is O=C(Nc1ccc(F)cc1)c1ccc(NCCc2ccc(Cl)cc2)nc1. The Hall–Kier alpha value is -2.92. The summed E-state index contributed by atoms with van der Waals surface area (Å²) in [5.74, 6) is 0.0489. The third kappa shape index (κ3) is 5.04. The zero-order valence-corrected chi connectivity index (χ0v) is 14.6. The molecule has 0 bridgehead atoms. The number of halogens is 2. The van der Waals surface area contributed by atoms with Crippen molar-refractivity contribution in [1.29, 1.82) is 0 Å². The number of anilines is 2. The molecule has 3 aromatic rings. The lowest BCUT2D eigenvalue weighted by atomic mass is 10.1. The van der Waals surface area contributed by atoms with E-state index in [2.05, 4.69) is 15.6 Å². The minimum Gasteiger partial charge on any atom is -0.370 e. The third-order valence-electron chi connectivity index (χ3n) is 3.76. The van der Waals surface area contributed by atoms with Crippen LogP contribution in [0.4, 0.5) is 15.9 Å². The molecule has 132 valence electrons. The number of hydrogen-bond acceptors (Lipinski definition) is 3. The molecule has 0 saturated carbocycles. The zero-order valence-electron chi connectivity index (χ0n) is 13.9. The second kappa shape index (κ2) is 8.45. The first-order valence-electron chi connectivity index (χ1n) is 8.11. The van der Waals surface area contributed by atoms with E-state index in [9.17, 15) is 9.18 Å². The van der Waals surface area contributed by atoms with Gasteiger partial charge in [0, 0.05) is 23.5 Å². The van der Waals surface area contributed by atoms with Crippen LogP contribution < -0.4 is 10.6 Å². The van der Waals surface area contributed by atoms with Gasteiger partial charge in [-0.2, -0.15) is 0 Å². The second-order valence-electron chi connectivity index (χ2n) is 5.70. The summed E-state index contributed by atoms with van der Waals surface area (Å²) in [6.07, 6.45) is 2.34. The smallest absolute Gasteiger partial charge is 0.257 e. The standard InChI is InChI=1S/C20H17ClFN3O/c21-16-4-1-14(2-5-16)11-12-23-19-10-3-15(13-24-19)20(26)25-18-8-6-17(22)7-9-18/h1-10,13H,11-12H2,(H,23,24)(H,25,26). The van der Waals surface area contributed by atoms with Gasteiger partial charge >= 0.3 is 0 Å². The van der Waals surface area contributed by atoms with Gasteiger partial charge in [0.1, 0.15) is 11.6 Å². The minimum absolute atomic E-state index is 0.295. The number of pyridine rings is 1. The van der Waals surface area contributed by atoms with Crippen molar-refractivity contribution in [2.24, 2.45) is 0 Å². The van der Waals surface area contributed by atoms with Crippen molar-refractivity contribution in [1.82, 2.24) is 4.98 Å². The van der Waals surface area contributed by atoms with Gasteiger partial charge in [-0.25, -0.2) is 9.37 Å². The van der Waals surface area contributed by atoms with Crippen molar-refractivity contribution in [3.05, 3.63) is 88.8 Å². The van der Waals surface area contributed by atoms with Crippen molar-refractivity contribution in [2.75, 3.05) is 17.2 Å². The van der Waals surface area contributed by atoms with Gasteiger partial charge in [-0.1, -0.05) is 23.7 Å². The Kier molecular flexibility index (Phi) is 5.81. The predicted molar refractivity (Wildman–Crippen MR) is 102 cm³/mol. The number of carbonyl (C=O) groups is 1. The van der Waals surface area contributed by atoms with Gasteiger partial charge in [0.2, 0.25) is 0 Å². The van der Waals surface area contributed by atoms with Gasteiger partial charge in [-0.05, 0) is 60.5 Å². The first kappa shape index (κ1) is 17.9.